The van der Waals surface area contributed by atoms with Crippen LogP contribution in [0.25, 0.3) is 0 Å². The minimum Gasteiger partial charge on any atom is -0.275 e. The van der Waals surface area contributed by atoms with Crippen molar-refractivity contribution in [3.63, 3.8) is 0 Å². The maximum Gasteiger partial charge on any atom is 0.350 e. The lowest BCUT2D eigenvalue weighted by Crippen LogP contribution is -2.34. The minimum absolute atomic E-state index is 0.310. The lowest BCUT2D eigenvalue weighted by Gasteiger charge is -2.19. The highest BCUT2D eigenvalue weighted by atomic mass is 35.5. The van der Waals surface area contributed by atoms with Crippen LogP contribution in [0.3, 0.4) is 0 Å². The van der Waals surface area contributed by atoms with E-state index >= 15 is 0 Å². The molecule has 1 aromatic carbocycles. The van der Waals surface area contributed by atoms with E-state index in [2.05, 4.69) is 5.43 Å². The van der Waals surface area contributed by atoms with Gasteiger partial charge in [-0.1, -0.05) is 46.4 Å². The zero-order chi connectivity index (χ0) is 15.1. The molecule has 1 aliphatic rings. The Bertz CT molecular complexity index is 542. The number of hydrazine groups is 1. The predicted molar refractivity (Wildman–Crippen MR) is 81.9 cm³/mol. The van der Waals surface area contributed by atoms with Crippen molar-refractivity contribution in [1.29, 1.82) is 0 Å². The minimum atomic E-state index is -2.62. The number of urea groups is 1. The third kappa shape index (κ3) is 3.55. The summed E-state index contributed by atoms with van der Waals surface area (Å²) >= 11 is 22.5. The standard InChI is InChI=1S/C10H8Cl4FN3OS/c1-5-16-18(20-10(13,14)15)9(19)17(5)6-2-3-7(11)8(12)4-6/h2-5,16H,1H3. The first-order chi connectivity index (χ1) is 9.19. The monoisotopic (exact) mass is 377 g/mol. The van der Waals surface area contributed by atoms with Gasteiger partial charge in [0.25, 0.3) is 0 Å². The molecule has 2 amide bonds. The van der Waals surface area contributed by atoms with Crippen molar-refractivity contribution < 1.29 is 9.18 Å². The molecule has 0 aliphatic carbocycles. The number of nitrogens with zero attached hydrogens (tertiary/aromatic N) is 2. The highest BCUT2D eigenvalue weighted by molar-refractivity contribution is 8.01. The topological polar surface area (TPSA) is 35.6 Å². The Hall–Kier alpha value is -0.110. The van der Waals surface area contributed by atoms with Crippen molar-refractivity contribution in [1.82, 2.24) is 9.84 Å². The van der Waals surface area contributed by atoms with E-state index in [1.165, 1.54) is 11.0 Å². The molecule has 0 saturated carbocycles. The molecule has 1 N–H and O–H groups in total. The molecule has 10 heteroatoms. The molecule has 1 fully saturated rings. The van der Waals surface area contributed by atoms with Gasteiger partial charge in [-0.3, -0.25) is 4.90 Å². The van der Waals surface area contributed by atoms with Crippen LogP contribution in [0.5, 0.6) is 0 Å². The molecule has 1 aromatic rings. The Kier molecular flexibility index (Phi) is 4.83. The molecule has 0 aromatic heterocycles. The average molecular weight is 379 g/mol. The van der Waals surface area contributed by atoms with E-state index in [0.717, 1.165) is 4.41 Å². The largest absolute Gasteiger partial charge is 0.350 e. The average Bonchev–Trinajstić information content (AvgIpc) is 2.56. The summed E-state index contributed by atoms with van der Waals surface area (Å²) in [4.78, 5) is 13.6. The van der Waals surface area contributed by atoms with Crippen LogP contribution in [-0.4, -0.2) is 20.5 Å². The van der Waals surface area contributed by atoms with E-state index in [-0.39, 0.29) is 0 Å². The second kappa shape index (κ2) is 5.94. The van der Waals surface area contributed by atoms with E-state index in [1.54, 1.807) is 19.1 Å². The van der Waals surface area contributed by atoms with Crippen LogP contribution < -0.4 is 10.3 Å². The molecule has 2 rings (SSSR count). The van der Waals surface area contributed by atoms with Gasteiger partial charge in [-0.2, -0.15) is 14.2 Å². The summed E-state index contributed by atoms with van der Waals surface area (Å²) in [5, 5.41) is 0.683. The zero-order valence-corrected chi connectivity index (χ0v) is 13.8. The van der Waals surface area contributed by atoms with Crippen molar-refractivity contribution in [2.24, 2.45) is 0 Å². The highest BCUT2D eigenvalue weighted by Crippen LogP contribution is 2.40. The van der Waals surface area contributed by atoms with Gasteiger partial charge in [-0.15, -0.1) is 0 Å². The van der Waals surface area contributed by atoms with Gasteiger partial charge in [-0.05, 0) is 25.1 Å². The van der Waals surface area contributed by atoms with Gasteiger partial charge in [0.15, 0.2) is 0 Å². The third-order valence-corrected chi connectivity index (χ3v) is 4.25. The number of amides is 2. The first kappa shape index (κ1) is 16.3. The predicted octanol–water partition coefficient (Wildman–Crippen LogP) is 4.79. The fourth-order valence-corrected chi connectivity index (χ4v) is 2.97. The maximum absolute atomic E-state index is 13.2. The van der Waals surface area contributed by atoms with E-state index in [0.29, 0.717) is 27.7 Å². The summed E-state index contributed by atoms with van der Waals surface area (Å²) in [6.45, 7) is 1.71. The molecule has 1 aliphatic heterocycles. The Labute approximate surface area is 139 Å². The van der Waals surface area contributed by atoms with Crippen molar-refractivity contribution >= 4 is 70.1 Å². The number of halogens is 5. The molecule has 0 radical (unpaired) electrons. The van der Waals surface area contributed by atoms with E-state index in [4.69, 9.17) is 46.4 Å². The number of carbonyl (C=O) groups is 1. The molecule has 1 saturated heterocycles. The van der Waals surface area contributed by atoms with Crippen molar-refractivity contribution in [2.75, 3.05) is 4.90 Å². The van der Waals surface area contributed by atoms with E-state index in [9.17, 15) is 9.18 Å². The van der Waals surface area contributed by atoms with Crippen LogP contribution in [0.2, 0.25) is 10.0 Å². The molecular weight excluding hydrogens is 371 g/mol. The Morgan fingerprint density at radius 2 is 2.00 bits per heavy atom. The van der Waals surface area contributed by atoms with Gasteiger partial charge >= 0.3 is 9.95 Å². The Morgan fingerprint density at radius 1 is 1.35 bits per heavy atom. The molecule has 20 heavy (non-hydrogen) atoms. The third-order valence-electron chi connectivity index (χ3n) is 2.45. The first-order valence-corrected chi connectivity index (χ1v) is 7.58. The van der Waals surface area contributed by atoms with Gasteiger partial charge in [-0.25, -0.2) is 4.79 Å². The molecule has 1 heterocycles. The van der Waals surface area contributed by atoms with Gasteiger partial charge in [0, 0.05) is 17.6 Å². The lowest BCUT2D eigenvalue weighted by molar-refractivity contribution is 0.235. The second-order valence-electron chi connectivity index (χ2n) is 3.89. The number of hydrogen-bond donors (Lipinski definition) is 1. The molecule has 110 valence electrons. The number of benzene rings is 1. The fourth-order valence-electron chi connectivity index (χ4n) is 1.68. The van der Waals surface area contributed by atoms with Crippen LogP contribution in [0.1, 0.15) is 6.92 Å². The van der Waals surface area contributed by atoms with Crippen molar-refractivity contribution in [2.45, 2.75) is 17.0 Å². The summed E-state index contributed by atoms with van der Waals surface area (Å²) in [5.41, 5.74) is 3.25. The Balaban J connectivity index is 2.24. The zero-order valence-electron chi connectivity index (χ0n) is 9.91. The Morgan fingerprint density at radius 3 is 2.55 bits per heavy atom. The number of alkyl halides is 3. The molecule has 0 spiro atoms. The van der Waals surface area contributed by atoms with Crippen LogP contribution in [0.15, 0.2) is 18.2 Å². The molecule has 1 atom stereocenters. The van der Waals surface area contributed by atoms with Crippen LogP contribution >= 0.6 is 58.4 Å². The summed E-state index contributed by atoms with van der Waals surface area (Å²) < 4.78 is 11.5. The number of rotatable bonds is 3. The number of carbonyl (C=O) groups excluding carboxylic acids is 1. The summed E-state index contributed by atoms with van der Waals surface area (Å²) in [7, 11) is 0. The summed E-state index contributed by atoms with van der Waals surface area (Å²) in [5.74, 6) is 0. The summed E-state index contributed by atoms with van der Waals surface area (Å²) in [6, 6.07) is 4.21. The highest BCUT2D eigenvalue weighted by Gasteiger charge is 2.41. The first-order valence-electron chi connectivity index (χ1n) is 5.29. The van der Waals surface area contributed by atoms with Gasteiger partial charge in [0.1, 0.15) is 6.17 Å². The second-order valence-corrected chi connectivity index (χ2v) is 7.50. The van der Waals surface area contributed by atoms with Gasteiger partial charge in [0.2, 0.25) is 0 Å². The van der Waals surface area contributed by atoms with Gasteiger partial charge < -0.3 is 0 Å². The van der Waals surface area contributed by atoms with Crippen LogP contribution in [0.4, 0.5) is 14.9 Å². The molecule has 4 nitrogen and oxygen atoms in total. The number of hydrogen-bond acceptors (Lipinski definition) is 3. The van der Waals surface area contributed by atoms with E-state index < -0.39 is 16.1 Å². The van der Waals surface area contributed by atoms with Crippen LogP contribution in [0, 0.1) is 0 Å². The summed E-state index contributed by atoms with van der Waals surface area (Å²) in [6.07, 6.45) is -0.428. The lowest BCUT2D eigenvalue weighted by atomic mass is 10.3. The SMILES string of the molecule is CC1NN(SC(F)(Cl)Cl)C(=O)N1c1ccc(Cl)c(Cl)c1. The smallest absolute Gasteiger partial charge is 0.275 e. The van der Waals surface area contributed by atoms with Crippen molar-refractivity contribution in [3.8, 4) is 0 Å². The number of nitrogens with one attached hydrogen (secondary N) is 1. The van der Waals surface area contributed by atoms with E-state index in [1.807, 2.05) is 0 Å². The van der Waals surface area contributed by atoms with Crippen molar-refractivity contribution in [3.05, 3.63) is 28.2 Å². The quantitative estimate of drug-likeness (QED) is 0.606. The molecular formula is C10H8Cl4FN3OS. The fraction of sp³-hybridized carbons (Fsp3) is 0.300. The normalized spacial score (nSPS) is 19.9. The van der Waals surface area contributed by atoms with Crippen LogP contribution in [-0.2, 0) is 0 Å². The molecule has 1 unspecified atom stereocenters. The van der Waals surface area contributed by atoms with Gasteiger partial charge in [0.05, 0.1) is 10.0 Å². The number of anilines is 1. The molecule has 0 bridgehead atoms. The maximum atomic E-state index is 13.2.